The zero-order valence-corrected chi connectivity index (χ0v) is 6.68. The topological polar surface area (TPSA) is 38.0 Å². The van der Waals surface area contributed by atoms with Crippen LogP contribution in [0.15, 0.2) is 36.7 Å². The van der Waals surface area contributed by atoms with Gasteiger partial charge >= 0.3 is 0 Å². The Hall–Kier alpha value is -1.84. The molecule has 1 N–H and O–H groups in total. The summed E-state index contributed by atoms with van der Waals surface area (Å²) >= 11 is 0. The number of hydrogen-bond donors (Lipinski definition) is 1. The lowest BCUT2D eigenvalue weighted by molar-refractivity contribution is 0.472. The molecule has 0 saturated heterocycles. The summed E-state index contributed by atoms with van der Waals surface area (Å²) < 4.78 is 14.5. The first-order valence-electron chi connectivity index (χ1n) is 3.76. The molecule has 66 valence electrons. The van der Waals surface area contributed by atoms with E-state index in [1.165, 1.54) is 22.9 Å². The van der Waals surface area contributed by atoms with Crippen LogP contribution in [0.5, 0.6) is 5.75 Å². The normalized spacial score (nSPS) is 10.2. The Morgan fingerprint density at radius 2 is 2.23 bits per heavy atom. The Labute approximate surface area is 74.1 Å². The van der Waals surface area contributed by atoms with Crippen LogP contribution < -0.4 is 0 Å². The SMILES string of the molecule is Oc1ccc(F)c(-n2cccn2)c1. The molecule has 1 aromatic heterocycles. The van der Waals surface area contributed by atoms with Crippen LogP contribution >= 0.6 is 0 Å². The molecule has 0 radical (unpaired) electrons. The molecule has 3 nitrogen and oxygen atoms in total. The summed E-state index contributed by atoms with van der Waals surface area (Å²) in [7, 11) is 0. The van der Waals surface area contributed by atoms with Crippen molar-refractivity contribution >= 4 is 0 Å². The van der Waals surface area contributed by atoms with Crippen molar-refractivity contribution in [2.24, 2.45) is 0 Å². The number of aromatic hydroxyl groups is 1. The predicted molar refractivity (Wildman–Crippen MR) is 45.2 cm³/mol. The van der Waals surface area contributed by atoms with Crippen molar-refractivity contribution in [3.8, 4) is 11.4 Å². The smallest absolute Gasteiger partial charge is 0.149 e. The summed E-state index contributed by atoms with van der Waals surface area (Å²) in [6.45, 7) is 0. The Morgan fingerprint density at radius 3 is 2.92 bits per heavy atom. The van der Waals surface area contributed by atoms with Crippen LogP contribution in [-0.4, -0.2) is 14.9 Å². The fraction of sp³-hybridized carbons (Fsp3) is 0. The molecule has 4 heteroatoms. The largest absolute Gasteiger partial charge is 0.508 e. The van der Waals surface area contributed by atoms with Gasteiger partial charge in [0, 0.05) is 18.5 Å². The second kappa shape index (κ2) is 2.90. The molecule has 0 saturated carbocycles. The van der Waals surface area contributed by atoms with Gasteiger partial charge < -0.3 is 5.11 Å². The van der Waals surface area contributed by atoms with Crippen LogP contribution in [0.2, 0.25) is 0 Å². The molecule has 0 aliphatic heterocycles. The van der Waals surface area contributed by atoms with Crippen LogP contribution in [0.25, 0.3) is 5.69 Å². The van der Waals surface area contributed by atoms with Crippen molar-refractivity contribution in [2.45, 2.75) is 0 Å². The summed E-state index contributed by atoms with van der Waals surface area (Å²) in [5.74, 6) is -0.395. The van der Waals surface area contributed by atoms with E-state index < -0.39 is 5.82 Å². The third kappa shape index (κ3) is 1.38. The third-order valence-corrected chi connectivity index (χ3v) is 1.68. The maximum absolute atomic E-state index is 13.2. The predicted octanol–water partition coefficient (Wildman–Crippen LogP) is 1.72. The maximum Gasteiger partial charge on any atom is 0.149 e. The van der Waals surface area contributed by atoms with Crippen LogP contribution in [0.3, 0.4) is 0 Å². The van der Waals surface area contributed by atoms with Crippen LogP contribution in [0.4, 0.5) is 4.39 Å². The summed E-state index contributed by atoms with van der Waals surface area (Å²) in [5.41, 5.74) is 0.241. The van der Waals surface area contributed by atoms with Gasteiger partial charge in [-0.25, -0.2) is 9.07 Å². The van der Waals surface area contributed by atoms with E-state index in [4.69, 9.17) is 5.11 Å². The number of hydrogen-bond acceptors (Lipinski definition) is 2. The van der Waals surface area contributed by atoms with Gasteiger partial charge in [0.15, 0.2) is 0 Å². The highest BCUT2D eigenvalue weighted by Crippen LogP contribution is 2.18. The van der Waals surface area contributed by atoms with Gasteiger partial charge in [-0.2, -0.15) is 5.10 Å². The van der Waals surface area contributed by atoms with E-state index >= 15 is 0 Å². The Balaban J connectivity index is 2.57. The second-order valence-corrected chi connectivity index (χ2v) is 2.59. The molecule has 2 rings (SSSR count). The van der Waals surface area contributed by atoms with Crippen molar-refractivity contribution in [1.29, 1.82) is 0 Å². The van der Waals surface area contributed by atoms with E-state index in [0.29, 0.717) is 0 Å². The van der Waals surface area contributed by atoms with Crippen molar-refractivity contribution < 1.29 is 9.50 Å². The lowest BCUT2D eigenvalue weighted by Crippen LogP contribution is -1.97. The van der Waals surface area contributed by atoms with E-state index in [1.54, 1.807) is 18.5 Å². The third-order valence-electron chi connectivity index (χ3n) is 1.68. The van der Waals surface area contributed by atoms with Gasteiger partial charge in [-0.05, 0) is 18.2 Å². The summed E-state index contributed by atoms with van der Waals surface area (Å²) in [6, 6.07) is 5.50. The van der Waals surface area contributed by atoms with E-state index in [9.17, 15) is 4.39 Å². The molecule has 1 heterocycles. The van der Waals surface area contributed by atoms with Gasteiger partial charge in [0.2, 0.25) is 0 Å². The number of benzene rings is 1. The van der Waals surface area contributed by atoms with E-state index in [0.717, 1.165) is 0 Å². The number of phenolic OH excluding ortho intramolecular Hbond substituents is 1. The quantitative estimate of drug-likeness (QED) is 0.721. The average molecular weight is 178 g/mol. The Morgan fingerprint density at radius 1 is 1.38 bits per heavy atom. The number of aromatic nitrogens is 2. The first kappa shape index (κ1) is 7.79. The summed E-state index contributed by atoms with van der Waals surface area (Å²) in [6.07, 6.45) is 3.15. The molecule has 0 atom stereocenters. The zero-order chi connectivity index (χ0) is 9.26. The monoisotopic (exact) mass is 178 g/mol. The number of phenols is 1. The number of nitrogens with zero attached hydrogens (tertiary/aromatic N) is 2. The minimum absolute atomic E-state index is 0.0203. The molecular formula is C9H7FN2O. The number of halogens is 1. The van der Waals surface area contributed by atoms with Gasteiger partial charge in [0.25, 0.3) is 0 Å². The molecule has 0 aliphatic carbocycles. The van der Waals surface area contributed by atoms with Gasteiger partial charge in [-0.3, -0.25) is 0 Å². The van der Waals surface area contributed by atoms with Crippen molar-refractivity contribution in [1.82, 2.24) is 9.78 Å². The van der Waals surface area contributed by atoms with E-state index in [-0.39, 0.29) is 11.4 Å². The van der Waals surface area contributed by atoms with Gasteiger partial charge in [0.05, 0.1) is 0 Å². The van der Waals surface area contributed by atoms with Crippen LogP contribution in [0, 0.1) is 5.82 Å². The highest BCUT2D eigenvalue weighted by Gasteiger charge is 2.04. The molecule has 13 heavy (non-hydrogen) atoms. The number of rotatable bonds is 1. The van der Waals surface area contributed by atoms with Gasteiger partial charge in [-0.1, -0.05) is 0 Å². The van der Waals surface area contributed by atoms with E-state index in [1.807, 2.05) is 0 Å². The molecule has 2 aromatic rings. The van der Waals surface area contributed by atoms with Gasteiger partial charge in [-0.15, -0.1) is 0 Å². The fourth-order valence-corrected chi connectivity index (χ4v) is 1.09. The fourth-order valence-electron chi connectivity index (χ4n) is 1.09. The van der Waals surface area contributed by atoms with Crippen molar-refractivity contribution in [3.05, 3.63) is 42.5 Å². The highest BCUT2D eigenvalue weighted by atomic mass is 19.1. The van der Waals surface area contributed by atoms with Crippen molar-refractivity contribution in [2.75, 3.05) is 0 Å². The lowest BCUT2D eigenvalue weighted by atomic mass is 10.3. The molecule has 0 amide bonds. The summed E-state index contributed by atoms with van der Waals surface area (Å²) in [5, 5.41) is 13.0. The molecule has 0 unspecified atom stereocenters. The second-order valence-electron chi connectivity index (χ2n) is 2.59. The van der Waals surface area contributed by atoms with Crippen molar-refractivity contribution in [3.63, 3.8) is 0 Å². The minimum Gasteiger partial charge on any atom is -0.508 e. The zero-order valence-electron chi connectivity index (χ0n) is 6.68. The first-order valence-corrected chi connectivity index (χ1v) is 3.76. The maximum atomic E-state index is 13.2. The standard InChI is InChI=1S/C9H7FN2O/c10-8-3-2-7(13)6-9(8)12-5-1-4-11-12/h1-6,13H. The lowest BCUT2D eigenvalue weighted by Gasteiger charge is -2.02. The Kier molecular flexibility index (Phi) is 1.73. The summed E-state index contributed by atoms with van der Waals surface area (Å²) in [4.78, 5) is 0. The molecule has 0 fully saturated rings. The van der Waals surface area contributed by atoms with Crippen LogP contribution in [0.1, 0.15) is 0 Å². The molecule has 0 aliphatic rings. The van der Waals surface area contributed by atoms with E-state index in [2.05, 4.69) is 5.10 Å². The molecule has 0 bridgehead atoms. The highest BCUT2D eigenvalue weighted by molar-refractivity contribution is 5.39. The molecule has 0 spiro atoms. The average Bonchev–Trinajstić information content (AvgIpc) is 2.61. The minimum atomic E-state index is -0.415. The van der Waals surface area contributed by atoms with Crippen LogP contribution in [-0.2, 0) is 0 Å². The molecular weight excluding hydrogens is 171 g/mol. The van der Waals surface area contributed by atoms with Gasteiger partial charge in [0.1, 0.15) is 17.3 Å². The molecule has 1 aromatic carbocycles. The first-order chi connectivity index (χ1) is 6.27. The Bertz CT molecular complexity index is 412.